The van der Waals surface area contributed by atoms with Crippen molar-refractivity contribution in [1.29, 1.82) is 0 Å². The Bertz CT molecular complexity index is 838. The first-order valence-electron chi connectivity index (χ1n) is 7.60. The average Bonchev–Trinajstić information content (AvgIpc) is 2.83. The van der Waals surface area contributed by atoms with E-state index in [1.54, 1.807) is 0 Å². The van der Waals surface area contributed by atoms with Gasteiger partial charge in [0, 0.05) is 24.3 Å². The first-order valence-corrected chi connectivity index (χ1v) is 8.40. The van der Waals surface area contributed by atoms with Crippen molar-refractivity contribution >= 4 is 45.0 Å². The molecule has 0 aromatic heterocycles. The summed E-state index contributed by atoms with van der Waals surface area (Å²) < 4.78 is 0.914. The van der Waals surface area contributed by atoms with Gasteiger partial charge in [-0.3, -0.25) is 4.79 Å². The summed E-state index contributed by atoms with van der Waals surface area (Å²) in [5.74, 6) is -0.109. The predicted octanol–water partition coefficient (Wildman–Crippen LogP) is 4.32. The Kier molecular flexibility index (Phi) is 4.53. The van der Waals surface area contributed by atoms with Crippen LogP contribution in [0.3, 0.4) is 0 Å². The van der Waals surface area contributed by atoms with Crippen LogP contribution in [0.15, 0.2) is 63.7 Å². The number of amides is 1. The maximum Gasteiger partial charge on any atom is 0.280 e. The van der Waals surface area contributed by atoms with Crippen LogP contribution in [-0.4, -0.2) is 25.7 Å². The van der Waals surface area contributed by atoms with E-state index >= 15 is 0 Å². The summed E-state index contributed by atoms with van der Waals surface area (Å²) in [7, 11) is 4.00. The van der Waals surface area contributed by atoms with Gasteiger partial charge >= 0.3 is 0 Å². The summed E-state index contributed by atoms with van der Waals surface area (Å²) in [4.78, 5) is 14.8. The van der Waals surface area contributed by atoms with Gasteiger partial charge in [0.1, 0.15) is 0 Å². The minimum absolute atomic E-state index is 0.109. The quantitative estimate of drug-likeness (QED) is 0.739. The van der Waals surface area contributed by atoms with Crippen molar-refractivity contribution in [1.82, 2.24) is 0 Å². The molecule has 2 aromatic carbocycles. The van der Waals surface area contributed by atoms with E-state index in [1.165, 1.54) is 5.01 Å². The molecule has 24 heavy (non-hydrogen) atoms. The van der Waals surface area contributed by atoms with Crippen LogP contribution in [0.2, 0.25) is 0 Å². The number of nitrogens with zero attached hydrogens (tertiary/aromatic N) is 3. The van der Waals surface area contributed by atoms with Crippen molar-refractivity contribution < 1.29 is 4.79 Å². The number of halogens is 1. The summed E-state index contributed by atoms with van der Waals surface area (Å²) in [6.45, 7) is 1.86. The molecule has 0 atom stereocenters. The SMILES string of the molecule is CC1=NN(c2cccc(Br)c2)C(=O)/C1=C\c1ccc(N(C)C)cc1. The van der Waals surface area contributed by atoms with Crippen molar-refractivity contribution in [2.45, 2.75) is 6.92 Å². The van der Waals surface area contributed by atoms with E-state index in [-0.39, 0.29) is 5.91 Å². The summed E-state index contributed by atoms with van der Waals surface area (Å²) in [5.41, 5.74) is 4.19. The molecule has 0 unspecified atom stereocenters. The van der Waals surface area contributed by atoms with E-state index in [1.807, 2.05) is 80.5 Å². The highest BCUT2D eigenvalue weighted by Crippen LogP contribution is 2.27. The fraction of sp³-hybridized carbons (Fsp3) is 0.158. The summed E-state index contributed by atoms with van der Waals surface area (Å²) in [5, 5.41) is 5.85. The molecule has 0 bridgehead atoms. The lowest BCUT2D eigenvalue weighted by Gasteiger charge is -2.12. The predicted molar refractivity (Wildman–Crippen MR) is 103 cm³/mol. The Morgan fingerprint density at radius 3 is 2.46 bits per heavy atom. The Morgan fingerprint density at radius 1 is 1.12 bits per heavy atom. The smallest absolute Gasteiger partial charge is 0.280 e. The second-order valence-corrected chi connectivity index (χ2v) is 6.74. The number of carbonyl (C=O) groups excluding carboxylic acids is 1. The zero-order valence-corrected chi connectivity index (χ0v) is 15.4. The molecule has 3 rings (SSSR count). The van der Waals surface area contributed by atoms with Gasteiger partial charge in [-0.1, -0.05) is 34.1 Å². The van der Waals surface area contributed by atoms with Crippen LogP contribution >= 0.6 is 15.9 Å². The minimum Gasteiger partial charge on any atom is -0.378 e. The molecular weight excluding hydrogens is 366 g/mol. The fourth-order valence-corrected chi connectivity index (χ4v) is 2.89. The molecule has 0 saturated heterocycles. The number of rotatable bonds is 3. The highest BCUT2D eigenvalue weighted by Gasteiger charge is 2.28. The van der Waals surface area contributed by atoms with Gasteiger partial charge in [0.25, 0.3) is 5.91 Å². The molecule has 0 saturated carbocycles. The molecule has 4 nitrogen and oxygen atoms in total. The van der Waals surface area contributed by atoms with E-state index < -0.39 is 0 Å². The third-order valence-electron chi connectivity index (χ3n) is 3.84. The molecule has 122 valence electrons. The molecule has 2 aromatic rings. The molecule has 0 N–H and O–H groups in total. The van der Waals surface area contributed by atoms with Crippen molar-refractivity contribution in [2.24, 2.45) is 5.10 Å². The van der Waals surface area contributed by atoms with Gasteiger partial charge in [0.15, 0.2) is 0 Å². The van der Waals surface area contributed by atoms with Gasteiger partial charge in [-0.15, -0.1) is 0 Å². The summed E-state index contributed by atoms with van der Waals surface area (Å²) in [6.07, 6.45) is 1.89. The molecule has 1 aliphatic rings. The third-order valence-corrected chi connectivity index (χ3v) is 4.33. The van der Waals surface area contributed by atoms with Crippen LogP contribution < -0.4 is 9.91 Å². The average molecular weight is 384 g/mol. The first-order chi connectivity index (χ1) is 11.5. The molecule has 1 amide bonds. The van der Waals surface area contributed by atoms with Gasteiger partial charge in [-0.2, -0.15) is 10.1 Å². The maximum atomic E-state index is 12.7. The largest absolute Gasteiger partial charge is 0.378 e. The van der Waals surface area contributed by atoms with Crippen LogP contribution in [0.5, 0.6) is 0 Å². The van der Waals surface area contributed by atoms with Crippen LogP contribution in [-0.2, 0) is 4.79 Å². The first kappa shape index (κ1) is 16.5. The zero-order chi connectivity index (χ0) is 17.3. The highest BCUT2D eigenvalue weighted by molar-refractivity contribution is 9.10. The van der Waals surface area contributed by atoms with E-state index in [2.05, 4.69) is 21.0 Å². The Hall–Kier alpha value is -2.40. The van der Waals surface area contributed by atoms with Crippen LogP contribution in [0.25, 0.3) is 6.08 Å². The number of carbonyl (C=O) groups is 1. The van der Waals surface area contributed by atoms with Crippen molar-refractivity contribution in [3.8, 4) is 0 Å². The second-order valence-electron chi connectivity index (χ2n) is 5.83. The lowest BCUT2D eigenvalue weighted by molar-refractivity contribution is -0.114. The Balaban J connectivity index is 1.90. The molecule has 1 heterocycles. The zero-order valence-electron chi connectivity index (χ0n) is 13.8. The molecule has 0 spiro atoms. The molecular formula is C19H18BrN3O. The summed E-state index contributed by atoms with van der Waals surface area (Å²) in [6, 6.07) is 15.6. The number of anilines is 2. The number of hydrogen-bond donors (Lipinski definition) is 0. The Morgan fingerprint density at radius 2 is 1.83 bits per heavy atom. The topological polar surface area (TPSA) is 35.9 Å². The van der Waals surface area contributed by atoms with Crippen LogP contribution in [0.1, 0.15) is 12.5 Å². The molecule has 1 aliphatic heterocycles. The normalized spacial score (nSPS) is 15.8. The molecule has 0 aliphatic carbocycles. The molecule has 0 fully saturated rings. The molecule has 0 radical (unpaired) electrons. The van der Waals surface area contributed by atoms with Crippen molar-refractivity contribution in [3.05, 3.63) is 64.1 Å². The number of hydrazone groups is 1. The molecule has 5 heteroatoms. The van der Waals surface area contributed by atoms with Gasteiger partial charge in [0.05, 0.1) is 17.0 Å². The lowest BCUT2D eigenvalue weighted by Crippen LogP contribution is -2.21. The lowest BCUT2D eigenvalue weighted by atomic mass is 10.1. The standard InChI is InChI=1S/C19H18BrN3O/c1-13-18(11-14-7-9-16(10-8-14)22(2)3)19(24)23(21-13)17-6-4-5-15(20)12-17/h4-12H,1-3H3/b18-11-. The number of benzene rings is 2. The van der Waals surface area contributed by atoms with Gasteiger partial charge in [0.2, 0.25) is 0 Å². The third kappa shape index (κ3) is 3.26. The fourth-order valence-electron chi connectivity index (χ4n) is 2.50. The second kappa shape index (κ2) is 6.61. The van der Waals surface area contributed by atoms with Crippen LogP contribution in [0, 0.1) is 0 Å². The van der Waals surface area contributed by atoms with Gasteiger partial charge < -0.3 is 4.90 Å². The van der Waals surface area contributed by atoms with Gasteiger partial charge in [-0.25, -0.2) is 0 Å². The van der Waals surface area contributed by atoms with E-state index in [0.29, 0.717) is 5.57 Å². The van der Waals surface area contributed by atoms with E-state index in [9.17, 15) is 4.79 Å². The van der Waals surface area contributed by atoms with Crippen molar-refractivity contribution in [2.75, 3.05) is 24.0 Å². The monoisotopic (exact) mass is 383 g/mol. The van der Waals surface area contributed by atoms with E-state index in [0.717, 1.165) is 27.1 Å². The highest BCUT2D eigenvalue weighted by atomic mass is 79.9. The van der Waals surface area contributed by atoms with Crippen LogP contribution in [0.4, 0.5) is 11.4 Å². The van der Waals surface area contributed by atoms with Gasteiger partial charge in [-0.05, 0) is 48.9 Å². The Labute approximate surface area is 150 Å². The van der Waals surface area contributed by atoms with E-state index in [4.69, 9.17) is 0 Å². The van der Waals surface area contributed by atoms with Crippen molar-refractivity contribution in [3.63, 3.8) is 0 Å². The maximum absolute atomic E-state index is 12.7. The minimum atomic E-state index is -0.109. The number of hydrogen-bond acceptors (Lipinski definition) is 3. The summed E-state index contributed by atoms with van der Waals surface area (Å²) >= 11 is 3.43.